The van der Waals surface area contributed by atoms with E-state index in [0.29, 0.717) is 6.54 Å². The number of hydrogen-bond acceptors (Lipinski definition) is 1. The Balaban J connectivity index is 2.68. The third kappa shape index (κ3) is 1.55. The molecule has 2 heteroatoms. The van der Waals surface area contributed by atoms with Crippen molar-refractivity contribution in [2.45, 2.75) is 13.3 Å². The smallest absolute Gasteiger partial charge is 0.0486 e. The second-order valence-corrected chi connectivity index (χ2v) is 4.18. The van der Waals surface area contributed by atoms with Crippen molar-refractivity contribution in [3.05, 3.63) is 42.1 Å². The molecule has 2 rings (SSSR count). The first-order chi connectivity index (χ1) is 7.66. The average Bonchev–Trinajstić information content (AvgIpc) is 2.53. The van der Waals surface area contributed by atoms with Crippen LogP contribution in [0.25, 0.3) is 16.5 Å². The normalized spacial score (nSPS) is 10.9. The van der Waals surface area contributed by atoms with Crippen molar-refractivity contribution in [1.29, 1.82) is 0 Å². The number of para-hydroxylation sites is 1. The molecule has 0 radical (unpaired) electrons. The minimum Gasteiger partial charge on any atom is -0.347 e. The molecule has 84 valence electrons. The van der Waals surface area contributed by atoms with E-state index in [9.17, 15) is 0 Å². The third-order valence-electron chi connectivity index (χ3n) is 3.20. The van der Waals surface area contributed by atoms with Gasteiger partial charge in [0.05, 0.1) is 0 Å². The summed E-state index contributed by atoms with van der Waals surface area (Å²) in [4.78, 5) is 0. The Morgan fingerprint density at radius 1 is 1.38 bits per heavy atom. The zero-order valence-electron chi connectivity index (χ0n) is 9.96. The molecule has 1 aromatic heterocycles. The van der Waals surface area contributed by atoms with Crippen LogP contribution < -0.4 is 5.73 Å². The number of nitrogens with zero attached hydrogens (tertiary/aromatic N) is 1. The maximum Gasteiger partial charge on any atom is 0.0486 e. The van der Waals surface area contributed by atoms with Gasteiger partial charge < -0.3 is 10.3 Å². The maximum absolute atomic E-state index is 5.60. The van der Waals surface area contributed by atoms with Gasteiger partial charge in [0.25, 0.3) is 0 Å². The molecule has 0 spiro atoms. The van der Waals surface area contributed by atoms with Crippen molar-refractivity contribution < 1.29 is 0 Å². The molecule has 2 N–H and O–H groups in total. The molecule has 1 aromatic carbocycles. The van der Waals surface area contributed by atoms with Crippen LogP contribution in [-0.2, 0) is 7.05 Å². The topological polar surface area (TPSA) is 30.9 Å². The van der Waals surface area contributed by atoms with Crippen LogP contribution in [0.4, 0.5) is 0 Å². The van der Waals surface area contributed by atoms with Gasteiger partial charge in [-0.15, -0.1) is 0 Å². The van der Waals surface area contributed by atoms with Crippen molar-refractivity contribution in [3.8, 4) is 0 Å². The highest BCUT2D eigenvalue weighted by molar-refractivity contribution is 5.94. The number of rotatable bonds is 3. The molecule has 0 unspecified atom stereocenters. The number of hydrogen-bond donors (Lipinski definition) is 1. The van der Waals surface area contributed by atoms with E-state index in [1.807, 2.05) is 0 Å². The van der Waals surface area contributed by atoms with Gasteiger partial charge in [-0.05, 0) is 31.5 Å². The quantitative estimate of drug-likeness (QED) is 0.836. The molecule has 0 saturated heterocycles. The van der Waals surface area contributed by atoms with E-state index in [4.69, 9.17) is 5.73 Å². The summed E-state index contributed by atoms with van der Waals surface area (Å²) in [6.07, 6.45) is 0.856. The minimum absolute atomic E-state index is 0.654. The lowest BCUT2D eigenvalue weighted by Crippen LogP contribution is -2.00. The van der Waals surface area contributed by atoms with Crippen LogP contribution in [0.15, 0.2) is 30.8 Å². The van der Waals surface area contributed by atoms with Crippen LogP contribution in [0.3, 0.4) is 0 Å². The predicted molar refractivity (Wildman–Crippen MR) is 70.4 cm³/mol. The molecule has 16 heavy (non-hydrogen) atoms. The van der Waals surface area contributed by atoms with Gasteiger partial charge in [-0.1, -0.05) is 24.8 Å². The van der Waals surface area contributed by atoms with E-state index < -0.39 is 0 Å². The second-order valence-electron chi connectivity index (χ2n) is 4.18. The highest BCUT2D eigenvalue weighted by Crippen LogP contribution is 2.30. The van der Waals surface area contributed by atoms with E-state index in [-0.39, 0.29) is 0 Å². The monoisotopic (exact) mass is 214 g/mol. The lowest BCUT2D eigenvalue weighted by atomic mass is 10.0. The fraction of sp³-hybridized carbons (Fsp3) is 0.286. The Labute approximate surface area is 96.4 Å². The maximum atomic E-state index is 5.60. The molecule has 0 fully saturated rings. The van der Waals surface area contributed by atoms with Crippen molar-refractivity contribution in [2.24, 2.45) is 12.8 Å². The van der Waals surface area contributed by atoms with Gasteiger partial charge in [0.1, 0.15) is 0 Å². The first-order valence-corrected chi connectivity index (χ1v) is 5.59. The highest BCUT2D eigenvalue weighted by Gasteiger charge is 2.12. The molecular formula is C14H18N2. The summed E-state index contributed by atoms with van der Waals surface area (Å²) < 4.78 is 2.21. The summed E-state index contributed by atoms with van der Waals surface area (Å²) in [5.41, 5.74) is 10.5. The van der Waals surface area contributed by atoms with E-state index in [1.54, 1.807) is 0 Å². The predicted octanol–water partition coefficient (Wildman–Crippen LogP) is 2.85. The van der Waals surface area contributed by atoms with E-state index in [2.05, 4.69) is 49.4 Å². The zero-order chi connectivity index (χ0) is 11.7. The van der Waals surface area contributed by atoms with Crippen LogP contribution >= 0.6 is 0 Å². The van der Waals surface area contributed by atoms with Gasteiger partial charge in [0.2, 0.25) is 0 Å². The molecular weight excluding hydrogens is 196 g/mol. The molecule has 2 aromatic rings. The molecule has 0 bridgehead atoms. The number of nitrogens with two attached hydrogens (primary N) is 1. The van der Waals surface area contributed by atoms with Crippen molar-refractivity contribution in [3.63, 3.8) is 0 Å². The zero-order valence-corrected chi connectivity index (χ0v) is 9.96. The molecule has 0 atom stereocenters. The van der Waals surface area contributed by atoms with Crippen LogP contribution in [0.2, 0.25) is 0 Å². The Morgan fingerprint density at radius 2 is 2.06 bits per heavy atom. The van der Waals surface area contributed by atoms with Crippen molar-refractivity contribution in [2.75, 3.05) is 6.54 Å². The van der Waals surface area contributed by atoms with Gasteiger partial charge in [-0.2, -0.15) is 0 Å². The number of fused-ring (bicyclic) bond motifs is 1. The van der Waals surface area contributed by atoms with Crippen LogP contribution in [0.5, 0.6) is 0 Å². The minimum atomic E-state index is 0.654. The summed E-state index contributed by atoms with van der Waals surface area (Å²) in [6.45, 7) is 6.94. The second kappa shape index (κ2) is 4.14. The summed E-state index contributed by atoms with van der Waals surface area (Å²) in [5, 5.41) is 1.28. The van der Waals surface area contributed by atoms with Crippen molar-refractivity contribution in [1.82, 2.24) is 4.57 Å². The fourth-order valence-corrected chi connectivity index (χ4v) is 2.27. The molecule has 0 amide bonds. The van der Waals surface area contributed by atoms with Gasteiger partial charge >= 0.3 is 0 Å². The van der Waals surface area contributed by atoms with E-state index in [1.165, 1.54) is 22.2 Å². The van der Waals surface area contributed by atoms with E-state index in [0.717, 1.165) is 12.0 Å². The molecule has 1 heterocycles. The molecule has 0 aliphatic carbocycles. The van der Waals surface area contributed by atoms with Crippen LogP contribution in [0.1, 0.15) is 17.7 Å². The lowest BCUT2D eigenvalue weighted by Gasteiger charge is -2.05. The van der Waals surface area contributed by atoms with E-state index >= 15 is 0 Å². The Hall–Kier alpha value is -1.54. The van der Waals surface area contributed by atoms with Gasteiger partial charge in [0.15, 0.2) is 0 Å². The Bertz CT molecular complexity index is 535. The highest BCUT2D eigenvalue weighted by atomic mass is 14.9. The molecule has 0 aliphatic heterocycles. The fourth-order valence-electron chi connectivity index (χ4n) is 2.27. The molecule has 0 aliphatic rings. The number of aromatic nitrogens is 1. The summed E-state index contributed by atoms with van der Waals surface area (Å²) >= 11 is 0. The molecule has 0 saturated carbocycles. The first kappa shape index (κ1) is 11.0. The van der Waals surface area contributed by atoms with Crippen LogP contribution in [0, 0.1) is 6.92 Å². The number of aryl methyl sites for hydroxylation is 1. The van der Waals surface area contributed by atoms with Crippen LogP contribution in [-0.4, -0.2) is 11.1 Å². The van der Waals surface area contributed by atoms with Gasteiger partial charge in [-0.3, -0.25) is 0 Å². The Morgan fingerprint density at radius 3 is 2.75 bits per heavy atom. The summed E-state index contributed by atoms with van der Waals surface area (Å²) in [5.74, 6) is 0. The lowest BCUT2D eigenvalue weighted by molar-refractivity contribution is 0.912. The standard InChI is InChI=1S/C14H18N2/c1-10(8-9-15)14-11(2)16(3)13-7-5-4-6-12(13)14/h4-7H,1,8-9,15H2,2-3H3. The third-order valence-corrected chi connectivity index (χ3v) is 3.20. The summed E-state index contributed by atoms with van der Waals surface area (Å²) in [6, 6.07) is 8.43. The largest absolute Gasteiger partial charge is 0.347 e. The van der Waals surface area contributed by atoms with Crippen molar-refractivity contribution >= 4 is 16.5 Å². The summed E-state index contributed by atoms with van der Waals surface area (Å²) in [7, 11) is 2.09. The number of benzene rings is 1. The van der Waals surface area contributed by atoms with Gasteiger partial charge in [-0.25, -0.2) is 0 Å². The molecule has 2 nitrogen and oxygen atoms in total. The average molecular weight is 214 g/mol. The van der Waals surface area contributed by atoms with Gasteiger partial charge in [0, 0.05) is 29.2 Å². The SMILES string of the molecule is C=C(CCN)c1c(C)n(C)c2ccccc12. The first-order valence-electron chi connectivity index (χ1n) is 5.59. The Kier molecular flexibility index (Phi) is 2.84.